The van der Waals surface area contributed by atoms with Crippen LogP contribution in [0.2, 0.25) is 0 Å². The third kappa shape index (κ3) is 5.22. The zero-order valence-electron chi connectivity index (χ0n) is 17.2. The van der Waals surface area contributed by atoms with Gasteiger partial charge >= 0.3 is 5.97 Å². The van der Waals surface area contributed by atoms with Crippen molar-refractivity contribution in [2.75, 3.05) is 0 Å². The van der Waals surface area contributed by atoms with Crippen LogP contribution in [0.1, 0.15) is 44.5 Å². The second-order valence-corrected chi connectivity index (χ2v) is 8.86. The van der Waals surface area contributed by atoms with Crippen molar-refractivity contribution in [3.05, 3.63) is 67.1 Å². The lowest BCUT2D eigenvalue weighted by Crippen LogP contribution is -2.23. The Kier molecular flexibility index (Phi) is 7.27. The van der Waals surface area contributed by atoms with Gasteiger partial charge in [-0.05, 0) is 71.2 Å². The standard InChI is InChI=1S/C22H21Br2N3O4/c1-4-12(2)20-26-18-7-6-15(23)10-16(18)21(28)27(20)25-11-14-5-8-19(17(24)9-14)31-13(3)22(29)30/h5-13H,4H2,1-3H3,(H,29,30)/t12-,13+/m1/s1. The molecule has 0 spiro atoms. The van der Waals surface area contributed by atoms with Crippen molar-refractivity contribution < 1.29 is 14.6 Å². The van der Waals surface area contributed by atoms with Gasteiger partial charge in [-0.15, -0.1) is 0 Å². The first kappa shape index (κ1) is 23.1. The molecular formula is C22H21Br2N3O4. The number of carboxylic acid groups (broad SMARTS) is 1. The van der Waals surface area contributed by atoms with E-state index in [-0.39, 0.29) is 11.5 Å². The van der Waals surface area contributed by atoms with E-state index in [0.29, 0.717) is 32.5 Å². The summed E-state index contributed by atoms with van der Waals surface area (Å²) in [5.41, 5.74) is 1.09. The molecule has 0 saturated heterocycles. The Labute approximate surface area is 196 Å². The maximum absolute atomic E-state index is 13.2. The Balaban J connectivity index is 2.02. The Morgan fingerprint density at radius 3 is 2.65 bits per heavy atom. The van der Waals surface area contributed by atoms with Gasteiger partial charge in [-0.1, -0.05) is 29.8 Å². The molecule has 1 aromatic heterocycles. The van der Waals surface area contributed by atoms with Crippen LogP contribution in [0.25, 0.3) is 10.9 Å². The highest BCUT2D eigenvalue weighted by molar-refractivity contribution is 9.10. The second-order valence-electron chi connectivity index (χ2n) is 7.09. The van der Waals surface area contributed by atoms with Crippen molar-refractivity contribution in [3.63, 3.8) is 0 Å². The van der Waals surface area contributed by atoms with Gasteiger partial charge in [0.1, 0.15) is 11.6 Å². The molecule has 3 rings (SSSR count). The maximum atomic E-state index is 13.2. The molecule has 7 nitrogen and oxygen atoms in total. The fourth-order valence-electron chi connectivity index (χ4n) is 2.84. The van der Waals surface area contributed by atoms with E-state index < -0.39 is 12.1 Å². The van der Waals surface area contributed by atoms with Crippen molar-refractivity contribution in [2.24, 2.45) is 5.10 Å². The van der Waals surface area contributed by atoms with E-state index in [4.69, 9.17) is 9.84 Å². The normalized spacial score (nSPS) is 13.5. The Hall–Kier alpha value is -2.52. The average molecular weight is 551 g/mol. The first-order chi connectivity index (χ1) is 14.7. The van der Waals surface area contributed by atoms with Crippen LogP contribution < -0.4 is 10.3 Å². The van der Waals surface area contributed by atoms with Crippen LogP contribution >= 0.6 is 31.9 Å². The summed E-state index contributed by atoms with van der Waals surface area (Å²) < 4.78 is 8.12. The number of hydrogen-bond acceptors (Lipinski definition) is 5. The van der Waals surface area contributed by atoms with Gasteiger partial charge < -0.3 is 9.84 Å². The predicted molar refractivity (Wildman–Crippen MR) is 127 cm³/mol. The molecule has 0 aliphatic rings. The van der Waals surface area contributed by atoms with Crippen LogP contribution in [0.5, 0.6) is 5.75 Å². The molecule has 0 radical (unpaired) electrons. The number of halogens is 2. The molecule has 9 heteroatoms. The highest BCUT2D eigenvalue weighted by Crippen LogP contribution is 2.27. The Morgan fingerprint density at radius 1 is 1.26 bits per heavy atom. The predicted octanol–water partition coefficient (Wildman–Crippen LogP) is 5.17. The van der Waals surface area contributed by atoms with E-state index in [2.05, 4.69) is 41.9 Å². The number of aliphatic carboxylic acids is 1. The number of benzene rings is 2. The summed E-state index contributed by atoms with van der Waals surface area (Å²) in [5.74, 6) is -0.0162. The number of nitrogens with zero attached hydrogens (tertiary/aromatic N) is 3. The van der Waals surface area contributed by atoms with E-state index in [1.807, 2.05) is 26.0 Å². The van der Waals surface area contributed by atoms with Crippen molar-refractivity contribution >= 4 is 54.9 Å². The van der Waals surface area contributed by atoms with Gasteiger partial charge in [0.15, 0.2) is 6.10 Å². The third-order valence-electron chi connectivity index (χ3n) is 4.82. The first-order valence-corrected chi connectivity index (χ1v) is 11.3. The van der Waals surface area contributed by atoms with Gasteiger partial charge in [0.2, 0.25) is 0 Å². The zero-order chi connectivity index (χ0) is 22.7. The Morgan fingerprint density at radius 2 is 2.00 bits per heavy atom. The zero-order valence-corrected chi connectivity index (χ0v) is 20.3. The van der Waals surface area contributed by atoms with Crippen LogP contribution in [0, 0.1) is 0 Å². The van der Waals surface area contributed by atoms with E-state index >= 15 is 0 Å². The summed E-state index contributed by atoms with van der Waals surface area (Å²) in [4.78, 5) is 28.8. The molecule has 0 aliphatic heterocycles. The van der Waals surface area contributed by atoms with Gasteiger partial charge in [-0.3, -0.25) is 4.79 Å². The summed E-state index contributed by atoms with van der Waals surface area (Å²) in [5, 5.41) is 13.9. The number of rotatable bonds is 7. The van der Waals surface area contributed by atoms with Gasteiger partial charge in [-0.25, -0.2) is 9.78 Å². The number of fused-ring (bicyclic) bond motifs is 1. The number of carboxylic acids is 1. The molecule has 0 amide bonds. The molecule has 3 aromatic rings. The molecule has 0 fully saturated rings. The lowest BCUT2D eigenvalue weighted by atomic mass is 10.1. The smallest absolute Gasteiger partial charge is 0.344 e. The number of ether oxygens (including phenoxy) is 1. The summed E-state index contributed by atoms with van der Waals surface area (Å²) in [6.07, 6.45) is 1.40. The van der Waals surface area contributed by atoms with Crippen molar-refractivity contribution in [3.8, 4) is 5.75 Å². The van der Waals surface area contributed by atoms with E-state index in [1.165, 1.54) is 11.6 Å². The molecule has 0 saturated carbocycles. The van der Waals surface area contributed by atoms with Crippen LogP contribution in [0.3, 0.4) is 0 Å². The molecule has 0 bridgehead atoms. The topological polar surface area (TPSA) is 93.8 Å². The molecule has 0 aliphatic carbocycles. The average Bonchev–Trinajstić information content (AvgIpc) is 2.74. The molecule has 2 aromatic carbocycles. The van der Waals surface area contributed by atoms with Crippen molar-refractivity contribution in [1.29, 1.82) is 0 Å². The summed E-state index contributed by atoms with van der Waals surface area (Å²) in [6, 6.07) is 10.5. The van der Waals surface area contributed by atoms with Gasteiger partial charge in [0.25, 0.3) is 5.56 Å². The fourth-order valence-corrected chi connectivity index (χ4v) is 3.69. The summed E-state index contributed by atoms with van der Waals surface area (Å²) in [6.45, 7) is 5.49. The molecule has 162 valence electrons. The van der Waals surface area contributed by atoms with Crippen LogP contribution in [0.4, 0.5) is 0 Å². The minimum absolute atomic E-state index is 0.0397. The van der Waals surface area contributed by atoms with Crippen molar-refractivity contribution in [2.45, 2.75) is 39.2 Å². The van der Waals surface area contributed by atoms with Crippen molar-refractivity contribution in [1.82, 2.24) is 9.66 Å². The van der Waals surface area contributed by atoms with Crippen LogP contribution in [-0.2, 0) is 4.79 Å². The molecule has 1 heterocycles. The number of hydrogen-bond donors (Lipinski definition) is 1. The third-order valence-corrected chi connectivity index (χ3v) is 5.93. The maximum Gasteiger partial charge on any atom is 0.344 e. The highest BCUT2D eigenvalue weighted by atomic mass is 79.9. The summed E-state index contributed by atoms with van der Waals surface area (Å²) >= 11 is 6.79. The molecule has 2 atom stereocenters. The van der Waals surface area contributed by atoms with E-state index in [0.717, 1.165) is 10.9 Å². The SMILES string of the molecule is CC[C@@H](C)c1nc2ccc(Br)cc2c(=O)n1N=Cc1ccc(O[C@@H](C)C(=O)O)c(Br)c1. The van der Waals surface area contributed by atoms with Crippen LogP contribution in [0.15, 0.2) is 55.2 Å². The van der Waals surface area contributed by atoms with E-state index in [1.54, 1.807) is 30.5 Å². The number of carbonyl (C=O) groups is 1. The fraction of sp³-hybridized carbons (Fsp3) is 0.273. The molecular weight excluding hydrogens is 530 g/mol. The van der Waals surface area contributed by atoms with Gasteiger partial charge in [-0.2, -0.15) is 9.78 Å². The lowest BCUT2D eigenvalue weighted by Gasteiger charge is -2.14. The summed E-state index contributed by atoms with van der Waals surface area (Å²) in [7, 11) is 0. The van der Waals surface area contributed by atoms with E-state index in [9.17, 15) is 9.59 Å². The second kappa shape index (κ2) is 9.74. The highest BCUT2D eigenvalue weighted by Gasteiger charge is 2.16. The molecule has 31 heavy (non-hydrogen) atoms. The van der Waals surface area contributed by atoms with Gasteiger partial charge in [0.05, 0.1) is 21.6 Å². The molecule has 1 N–H and O–H groups in total. The monoisotopic (exact) mass is 549 g/mol. The quantitative estimate of drug-likeness (QED) is 0.410. The minimum atomic E-state index is -1.05. The Bertz CT molecular complexity index is 1220. The minimum Gasteiger partial charge on any atom is -0.479 e. The first-order valence-electron chi connectivity index (χ1n) is 9.66. The molecule has 0 unspecified atom stereocenters. The number of aromatic nitrogens is 2. The lowest BCUT2D eigenvalue weighted by molar-refractivity contribution is -0.144. The largest absolute Gasteiger partial charge is 0.479 e. The van der Waals surface area contributed by atoms with Gasteiger partial charge in [0, 0.05) is 10.4 Å². The van der Waals surface area contributed by atoms with Crippen LogP contribution in [-0.4, -0.2) is 33.1 Å².